The van der Waals surface area contributed by atoms with E-state index in [4.69, 9.17) is 15.7 Å². The fourth-order valence-corrected chi connectivity index (χ4v) is 4.48. The molecule has 1 aliphatic rings. The number of nitrogen functional groups attached to an aromatic ring is 1. The third-order valence-electron chi connectivity index (χ3n) is 6.06. The first-order valence-electron chi connectivity index (χ1n) is 11.3. The first kappa shape index (κ1) is 22.1. The molecule has 6 N–H and O–H groups in total. The minimum absolute atomic E-state index is 0.179. The van der Waals surface area contributed by atoms with Gasteiger partial charge < -0.3 is 31.0 Å². The largest absolute Gasteiger partial charge is 0.396 e. The standard InChI is InChI=1S/C22H32N8O2/c1-13(2)30-12-24-19-20(25-15-10-17(23)27-18(32)11-15)28-22(29-21(19)30)26-16-8-4-3-6-14(16)7-5-9-31/h10-14,16,31H,3-9H2,1-2H3,(H5,23,25,26,27,28,29,32)/t14-,16-/m1/s1. The molecule has 0 unspecified atom stereocenters. The number of nitrogens with one attached hydrogen (secondary N) is 3. The normalized spacial score (nSPS) is 18.9. The average Bonchev–Trinajstić information content (AvgIpc) is 3.17. The Labute approximate surface area is 186 Å². The zero-order valence-corrected chi connectivity index (χ0v) is 18.6. The van der Waals surface area contributed by atoms with E-state index in [1.165, 1.54) is 12.5 Å². The molecule has 32 heavy (non-hydrogen) atoms. The van der Waals surface area contributed by atoms with E-state index in [9.17, 15) is 9.90 Å². The number of hydrogen-bond acceptors (Lipinski definition) is 8. The Hall–Kier alpha value is -3.14. The van der Waals surface area contributed by atoms with Crippen molar-refractivity contribution >= 4 is 34.4 Å². The minimum atomic E-state index is -0.294. The molecule has 10 nitrogen and oxygen atoms in total. The van der Waals surface area contributed by atoms with Crippen molar-refractivity contribution in [3.05, 3.63) is 28.8 Å². The van der Waals surface area contributed by atoms with E-state index in [-0.39, 0.29) is 30.1 Å². The van der Waals surface area contributed by atoms with Gasteiger partial charge in [-0.15, -0.1) is 0 Å². The van der Waals surface area contributed by atoms with Gasteiger partial charge in [-0.2, -0.15) is 9.97 Å². The lowest BCUT2D eigenvalue weighted by molar-refractivity contribution is 0.244. The molecule has 0 aromatic carbocycles. The fourth-order valence-electron chi connectivity index (χ4n) is 4.48. The number of nitrogens with two attached hydrogens (primary N) is 1. The summed E-state index contributed by atoms with van der Waals surface area (Å²) in [6, 6.07) is 3.51. The van der Waals surface area contributed by atoms with Crippen LogP contribution < -0.4 is 21.9 Å². The summed E-state index contributed by atoms with van der Waals surface area (Å²) in [5.74, 6) is 1.80. The van der Waals surface area contributed by atoms with E-state index in [1.807, 2.05) is 4.57 Å². The topological polar surface area (TPSA) is 147 Å². The molecule has 10 heteroatoms. The Kier molecular flexibility index (Phi) is 6.59. The zero-order chi connectivity index (χ0) is 22.7. The second-order valence-electron chi connectivity index (χ2n) is 8.79. The summed E-state index contributed by atoms with van der Waals surface area (Å²) in [4.78, 5) is 28.4. The minimum Gasteiger partial charge on any atom is -0.396 e. The number of nitrogens with zero attached hydrogens (tertiary/aromatic N) is 4. The molecule has 3 aromatic rings. The lowest BCUT2D eigenvalue weighted by Crippen LogP contribution is -2.33. The molecule has 1 saturated carbocycles. The number of H-pyrrole nitrogens is 1. The first-order chi connectivity index (χ1) is 15.4. The highest BCUT2D eigenvalue weighted by Crippen LogP contribution is 2.31. The highest BCUT2D eigenvalue weighted by molar-refractivity contribution is 5.86. The van der Waals surface area contributed by atoms with E-state index >= 15 is 0 Å². The summed E-state index contributed by atoms with van der Waals surface area (Å²) >= 11 is 0. The summed E-state index contributed by atoms with van der Waals surface area (Å²) in [6.07, 6.45) is 8.12. The van der Waals surface area contributed by atoms with Crippen molar-refractivity contribution in [3.63, 3.8) is 0 Å². The maximum atomic E-state index is 11.9. The maximum absolute atomic E-state index is 11.9. The molecule has 3 heterocycles. The number of aromatic nitrogens is 5. The predicted octanol–water partition coefficient (Wildman–Crippen LogP) is 3.16. The second kappa shape index (κ2) is 9.56. The van der Waals surface area contributed by atoms with Gasteiger partial charge in [-0.05, 0) is 45.4 Å². The summed E-state index contributed by atoms with van der Waals surface area (Å²) in [6.45, 7) is 4.37. The van der Waals surface area contributed by atoms with Crippen molar-refractivity contribution < 1.29 is 5.11 Å². The Morgan fingerprint density at radius 2 is 2.09 bits per heavy atom. The Morgan fingerprint density at radius 3 is 2.84 bits per heavy atom. The van der Waals surface area contributed by atoms with Crippen LogP contribution in [0, 0.1) is 5.92 Å². The number of aromatic amines is 1. The van der Waals surface area contributed by atoms with Crippen LogP contribution in [0.5, 0.6) is 0 Å². The average molecular weight is 441 g/mol. The number of aliphatic hydroxyl groups is 1. The van der Waals surface area contributed by atoms with Gasteiger partial charge in [0, 0.05) is 36.5 Å². The van der Waals surface area contributed by atoms with Gasteiger partial charge in [0.1, 0.15) is 5.82 Å². The van der Waals surface area contributed by atoms with Gasteiger partial charge in [0.15, 0.2) is 17.0 Å². The van der Waals surface area contributed by atoms with Crippen molar-refractivity contribution in [1.82, 2.24) is 24.5 Å². The van der Waals surface area contributed by atoms with Gasteiger partial charge in [0.2, 0.25) is 5.95 Å². The van der Waals surface area contributed by atoms with E-state index in [2.05, 4.69) is 34.4 Å². The van der Waals surface area contributed by atoms with Crippen LogP contribution >= 0.6 is 0 Å². The molecule has 3 aromatic heterocycles. The van der Waals surface area contributed by atoms with Crippen molar-refractivity contribution in [3.8, 4) is 0 Å². The molecule has 1 fully saturated rings. The van der Waals surface area contributed by atoms with Crippen LogP contribution in [0.3, 0.4) is 0 Å². The van der Waals surface area contributed by atoms with E-state index < -0.39 is 0 Å². The summed E-state index contributed by atoms with van der Waals surface area (Å²) in [5.41, 5.74) is 7.39. The van der Waals surface area contributed by atoms with Crippen LogP contribution in [0.25, 0.3) is 11.2 Å². The van der Waals surface area contributed by atoms with Crippen LogP contribution in [0.2, 0.25) is 0 Å². The molecule has 2 atom stereocenters. The van der Waals surface area contributed by atoms with Gasteiger partial charge in [-0.25, -0.2) is 4.98 Å². The molecule has 0 saturated heterocycles. The Morgan fingerprint density at radius 1 is 1.28 bits per heavy atom. The summed E-state index contributed by atoms with van der Waals surface area (Å²) in [5, 5.41) is 16.0. The smallest absolute Gasteiger partial charge is 0.251 e. The van der Waals surface area contributed by atoms with Crippen molar-refractivity contribution in [2.75, 3.05) is 23.0 Å². The quantitative estimate of drug-likeness (QED) is 0.359. The molecule has 4 rings (SSSR count). The van der Waals surface area contributed by atoms with Crippen LogP contribution in [0.1, 0.15) is 58.4 Å². The number of rotatable bonds is 8. The molecule has 0 bridgehead atoms. The van der Waals surface area contributed by atoms with Crippen LogP contribution in [-0.2, 0) is 0 Å². The molecule has 172 valence electrons. The number of fused-ring (bicyclic) bond motifs is 1. The first-order valence-corrected chi connectivity index (χ1v) is 11.3. The fraction of sp³-hybridized carbons (Fsp3) is 0.545. The summed E-state index contributed by atoms with van der Waals surface area (Å²) < 4.78 is 2.00. The molecule has 1 aliphatic carbocycles. The van der Waals surface area contributed by atoms with Crippen LogP contribution in [0.15, 0.2) is 23.3 Å². The van der Waals surface area contributed by atoms with Crippen LogP contribution in [0.4, 0.5) is 23.3 Å². The number of hydrogen-bond donors (Lipinski definition) is 5. The monoisotopic (exact) mass is 440 g/mol. The lowest BCUT2D eigenvalue weighted by atomic mass is 9.82. The molecular formula is C22H32N8O2. The SMILES string of the molecule is CC(C)n1cnc2c(Nc3cc(N)[nH]c(=O)c3)nc(N[C@@H]3CCCC[C@@H]3CCCO)nc21. The molecular weight excluding hydrogens is 408 g/mol. The van der Waals surface area contributed by atoms with Gasteiger partial charge in [-0.3, -0.25) is 4.79 Å². The zero-order valence-electron chi connectivity index (χ0n) is 18.6. The van der Waals surface area contributed by atoms with Gasteiger partial charge in [0.25, 0.3) is 5.56 Å². The predicted molar refractivity (Wildman–Crippen MR) is 126 cm³/mol. The van der Waals surface area contributed by atoms with Gasteiger partial charge in [0.05, 0.1) is 6.33 Å². The second-order valence-corrected chi connectivity index (χ2v) is 8.79. The van der Waals surface area contributed by atoms with E-state index in [0.29, 0.717) is 28.9 Å². The van der Waals surface area contributed by atoms with E-state index in [0.717, 1.165) is 37.8 Å². The van der Waals surface area contributed by atoms with Crippen molar-refractivity contribution in [2.24, 2.45) is 5.92 Å². The summed E-state index contributed by atoms with van der Waals surface area (Å²) in [7, 11) is 0. The van der Waals surface area contributed by atoms with Gasteiger partial charge in [-0.1, -0.05) is 12.8 Å². The van der Waals surface area contributed by atoms with Crippen LogP contribution in [-0.4, -0.2) is 42.3 Å². The number of imidazole rings is 1. The molecule has 0 spiro atoms. The third kappa shape index (κ3) is 4.85. The maximum Gasteiger partial charge on any atom is 0.251 e. The van der Waals surface area contributed by atoms with Gasteiger partial charge >= 0.3 is 0 Å². The molecule has 0 aliphatic heterocycles. The number of anilines is 4. The molecule has 0 radical (unpaired) electrons. The number of aliphatic hydroxyl groups excluding tert-OH is 1. The molecule has 0 amide bonds. The Balaban J connectivity index is 1.70. The number of pyridine rings is 1. The highest BCUT2D eigenvalue weighted by atomic mass is 16.2. The van der Waals surface area contributed by atoms with E-state index in [1.54, 1.807) is 12.4 Å². The van der Waals surface area contributed by atoms with Crippen molar-refractivity contribution in [2.45, 2.75) is 64.5 Å². The van der Waals surface area contributed by atoms with Crippen molar-refractivity contribution in [1.29, 1.82) is 0 Å². The lowest BCUT2D eigenvalue weighted by Gasteiger charge is -2.32. The Bertz CT molecular complexity index is 1120. The third-order valence-corrected chi connectivity index (χ3v) is 6.06. The highest BCUT2D eigenvalue weighted by Gasteiger charge is 2.26.